The van der Waals surface area contributed by atoms with Crippen molar-refractivity contribution in [2.45, 2.75) is 64.1 Å². The number of likely N-dealkylation sites (tertiary alicyclic amines) is 1. The molecule has 2 aromatic carbocycles. The number of alkyl carbamates (subject to hydrolysis) is 1. The number of rotatable bonds is 10. The van der Waals surface area contributed by atoms with Crippen LogP contribution >= 0.6 is 0 Å². The topological polar surface area (TPSA) is 84.9 Å². The van der Waals surface area contributed by atoms with Gasteiger partial charge in [0.1, 0.15) is 18.2 Å². The Morgan fingerprint density at radius 2 is 1.62 bits per heavy atom. The molecule has 0 aliphatic carbocycles. The van der Waals surface area contributed by atoms with Gasteiger partial charge in [-0.2, -0.15) is 0 Å². The second-order valence-electron chi connectivity index (χ2n) is 8.59. The summed E-state index contributed by atoms with van der Waals surface area (Å²) in [6.45, 7) is 4.48. The number of benzene rings is 2. The van der Waals surface area contributed by atoms with E-state index in [1.165, 1.54) is 0 Å². The summed E-state index contributed by atoms with van der Waals surface area (Å²) in [5, 5.41) is 2.87. The maximum atomic E-state index is 14.0. The summed E-state index contributed by atoms with van der Waals surface area (Å²) in [6, 6.07) is 18.4. The smallest absolute Gasteiger partial charge is 0.407 e. The molecule has 2 atom stereocenters. The Balaban J connectivity index is 1.83. The van der Waals surface area contributed by atoms with Crippen molar-refractivity contribution in [1.29, 1.82) is 0 Å². The van der Waals surface area contributed by atoms with E-state index in [2.05, 4.69) is 5.32 Å². The van der Waals surface area contributed by atoms with Crippen LogP contribution in [-0.2, 0) is 32.1 Å². The molecular weight excluding hydrogens is 432 g/mol. The van der Waals surface area contributed by atoms with Crippen LogP contribution in [0.3, 0.4) is 0 Å². The molecule has 0 radical (unpaired) electrons. The van der Waals surface area contributed by atoms with E-state index in [4.69, 9.17) is 9.47 Å². The van der Waals surface area contributed by atoms with Crippen molar-refractivity contribution in [3.05, 3.63) is 71.8 Å². The molecule has 7 heteroatoms. The molecule has 0 saturated carbocycles. The van der Waals surface area contributed by atoms with Crippen molar-refractivity contribution >= 4 is 18.0 Å². The molecule has 1 aliphatic rings. The molecule has 182 valence electrons. The third kappa shape index (κ3) is 6.37. The number of hydrogen-bond acceptors (Lipinski definition) is 5. The summed E-state index contributed by atoms with van der Waals surface area (Å²) < 4.78 is 10.7. The monoisotopic (exact) mass is 466 g/mol. The molecule has 2 aromatic rings. The van der Waals surface area contributed by atoms with Gasteiger partial charge in [0, 0.05) is 13.0 Å². The molecule has 0 aromatic heterocycles. The molecule has 2 amide bonds. The third-order valence-electron chi connectivity index (χ3n) is 6.06. The zero-order valence-electron chi connectivity index (χ0n) is 20.0. The highest BCUT2D eigenvalue weighted by Crippen LogP contribution is 2.28. The van der Waals surface area contributed by atoms with Gasteiger partial charge < -0.3 is 19.7 Å². The number of esters is 1. The molecule has 7 nitrogen and oxygen atoms in total. The molecule has 1 aliphatic heterocycles. The number of carbonyl (C=O) groups excluding carboxylic acids is 3. The molecule has 1 saturated heterocycles. The molecule has 1 heterocycles. The van der Waals surface area contributed by atoms with Gasteiger partial charge in [-0.05, 0) is 37.3 Å². The minimum atomic E-state index is -1.22. The number of hydrogen-bond donors (Lipinski definition) is 1. The number of amides is 2. The van der Waals surface area contributed by atoms with Crippen molar-refractivity contribution < 1.29 is 23.9 Å². The Bertz CT molecular complexity index is 950. The predicted molar refractivity (Wildman–Crippen MR) is 129 cm³/mol. The van der Waals surface area contributed by atoms with Crippen LogP contribution in [0.25, 0.3) is 0 Å². The first kappa shape index (κ1) is 25.3. The molecule has 1 N–H and O–H groups in total. The van der Waals surface area contributed by atoms with Gasteiger partial charge >= 0.3 is 12.1 Å². The van der Waals surface area contributed by atoms with Gasteiger partial charge in [-0.3, -0.25) is 4.79 Å². The highest BCUT2D eigenvalue weighted by atomic mass is 16.5. The SMILES string of the molecule is CCC[C@@](Cc1ccccc1)(NC(=O)OCC)C(=O)N1CCC[C@H]1C(=O)OCc1ccccc1. The fourth-order valence-corrected chi connectivity index (χ4v) is 4.52. The van der Waals surface area contributed by atoms with Crippen molar-refractivity contribution in [3.8, 4) is 0 Å². The van der Waals surface area contributed by atoms with Crippen LogP contribution in [0.15, 0.2) is 60.7 Å². The fraction of sp³-hybridized carbons (Fsp3) is 0.444. The average molecular weight is 467 g/mol. The Morgan fingerprint density at radius 3 is 2.24 bits per heavy atom. The van der Waals surface area contributed by atoms with Crippen molar-refractivity contribution in [3.63, 3.8) is 0 Å². The summed E-state index contributed by atoms with van der Waals surface area (Å²) in [5.74, 6) is -0.693. The zero-order chi connectivity index (χ0) is 24.4. The summed E-state index contributed by atoms with van der Waals surface area (Å²) in [5.41, 5.74) is 0.591. The first-order valence-corrected chi connectivity index (χ1v) is 12.0. The van der Waals surface area contributed by atoms with Crippen molar-refractivity contribution in [2.75, 3.05) is 13.2 Å². The zero-order valence-corrected chi connectivity index (χ0v) is 20.0. The maximum absolute atomic E-state index is 14.0. The minimum absolute atomic E-state index is 0.156. The maximum Gasteiger partial charge on any atom is 0.407 e. The van der Waals surface area contributed by atoms with E-state index in [9.17, 15) is 14.4 Å². The number of ether oxygens (including phenoxy) is 2. The highest BCUT2D eigenvalue weighted by Gasteiger charge is 2.47. The lowest BCUT2D eigenvalue weighted by molar-refractivity contribution is -0.156. The van der Waals surface area contributed by atoms with E-state index in [1.807, 2.05) is 67.6 Å². The van der Waals surface area contributed by atoms with Gasteiger partial charge in [-0.1, -0.05) is 74.0 Å². The van der Waals surface area contributed by atoms with E-state index in [-0.39, 0.29) is 19.1 Å². The number of nitrogens with one attached hydrogen (secondary N) is 1. The molecular formula is C27H34N2O5. The van der Waals surface area contributed by atoms with Crippen LogP contribution in [0.5, 0.6) is 0 Å². The van der Waals surface area contributed by atoms with Gasteiger partial charge in [0.25, 0.3) is 0 Å². The van der Waals surface area contributed by atoms with E-state index < -0.39 is 23.6 Å². The molecule has 0 unspecified atom stereocenters. The van der Waals surface area contributed by atoms with Gasteiger partial charge in [0.15, 0.2) is 0 Å². The van der Waals surface area contributed by atoms with Crippen LogP contribution in [0.1, 0.15) is 50.7 Å². The van der Waals surface area contributed by atoms with Crippen molar-refractivity contribution in [1.82, 2.24) is 10.2 Å². The average Bonchev–Trinajstić information content (AvgIpc) is 3.33. The second kappa shape index (κ2) is 12.2. The summed E-state index contributed by atoms with van der Waals surface area (Å²) in [7, 11) is 0. The summed E-state index contributed by atoms with van der Waals surface area (Å²) in [6.07, 6.45) is 1.99. The second-order valence-corrected chi connectivity index (χ2v) is 8.59. The number of nitrogens with zero attached hydrogens (tertiary/aromatic N) is 1. The van der Waals surface area contributed by atoms with E-state index >= 15 is 0 Å². The van der Waals surface area contributed by atoms with Gasteiger partial charge in [-0.25, -0.2) is 9.59 Å². The summed E-state index contributed by atoms with van der Waals surface area (Å²) in [4.78, 5) is 41.1. The van der Waals surface area contributed by atoms with Crippen LogP contribution in [0, 0.1) is 0 Å². The molecule has 0 bridgehead atoms. The molecule has 34 heavy (non-hydrogen) atoms. The quantitative estimate of drug-likeness (QED) is 0.529. The van der Waals surface area contributed by atoms with Gasteiger partial charge in [-0.15, -0.1) is 0 Å². The number of carbonyl (C=O) groups is 3. The van der Waals surface area contributed by atoms with E-state index in [0.29, 0.717) is 38.6 Å². The fourth-order valence-electron chi connectivity index (χ4n) is 4.52. The lowest BCUT2D eigenvalue weighted by Gasteiger charge is -2.38. The van der Waals surface area contributed by atoms with Gasteiger partial charge in [0.05, 0.1) is 6.61 Å². The largest absolute Gasteiger partial charge is 0.459 e. The Labute approximate surface area is 201 Å². The predicted octanol–water partition coefficient (Wildman–Crippen LogP) is 4.25. The molecule has 3 rings (SSSR count). The highest BCUT2D eigenvalue weighted by molar-refractivity contribution is 5.93. The summed E-state index contributed by atoms with van der Waals surface area (Å²) >= 11 is 0. The Morgan fingerprint density at radius 1 is 0.971 bits per heavy atom. The first-order valence-electron chi connectivity index (χ1n) is 12.0. The van der Waals surface area contributed by atoms with E-state index in [0.717, 1.165) is 11.1 Å². The van der Waals surface area contributed by atoms with E-state index in [1.54, 1.807) is 11.8 Å². The molecule has 0 spiro atoms. The lowest BCUT2D eigenvalue weighted by atomic mass is 9.84. The normalized spacial score (nSPS) is 17.0. The van der Waals surface area contributed by atoms with Crippen molar-refractivity contribution in [2.24, 2.45) is 0 Å². The standard InChI is InChI=1S/C27H34N2O5/c1-3-17-27(28-26(32)33-4-2,19-21-12-7-5-8-13-21)25(31)29-18-11-16-23(29)24(30)34-20-22-14-9-6-10-15-22/h5-10,12-15,23H,3-4,11,16-20H2,1-2H3,(H,28,32)/t23-,27-/m0/s1. The first-order chi connectivity index (χ1) is 16.5. The van der Waals surface area contributed by atoms with Crippen LogP contribution in [0.2, 0.25) is 0 Å². The minimum Gasteiger partial charge on any atom is -0.459 e. The van der Waals surface area contributed by atoms with Crippen LogP contribution < -0.4 is 5.32 Å². The Kier molecular flexibility index (Phi) is 9.08. The Hall–Kier alpha value is -3.35. The third-order valence-corrected chi connectivity index (χ3v) is 6.06. The lowest BCUT2D eigenvalue weighted by Crippen LogP contribution is -2.62. The van der Waals surface area contributed by atoms with Crippen LogP contribution in [0.4, 0.5) is 4.79 Å². The van der Waals surface area contributed by atoms with Crippen LogP contribution in [-0.4, -0.2) is 47.6 Å². The van der Waals surface area contributed by atoms with Gasteiger partial charge in [0.2, 0.25) is 5.91 Å². The molecule has 1 fully saturated rings.